The molecule has 0 spiro atoms. The van der Waals surface area contributed by atoms with Gasteiger partial charge in [0.1, 0.15) is 5.82 Å². The highest BCUT2D eigenvalue weighted by molar-refractivity contribution is 6.04. The third kappa shape index (κ3) is 3.65. The van der Waals surface area contributed by atoms with Crippen molar-refractivity contribution in [3.63, 3.8) is 0 Å². The summed E-state index contributed by atoms with van der Waals surface area (Å²) in [7, 11) is 0. The number of anilines is 2. The van der Waals surface area contributed by atoms with Crippen molar-refractivity contribution in [1.82, 2.24) is 15.0 Å². The van der Waals surface area contributed by atoms with Crippen LogP contribution in [0.25, 0.3) is 22.3 Å². The summed E-state index contributed by atoms with van der Waals surface area (Å²) in [6.45, 7) is -0.169. The first kappa shape index (κ1) is 17.6. The van der Waals surface area contributed by atoms with Gasteiger partial charge in [-0.2, -0.15) is 0 Å². The summed E-state index contributed by atoms with van der Waals surface area (Å²) in [4.78, 5) is 25.8. The van der Waals surface area contributed by atoms with Crippen molar-refractivity contribution in [2.45, 2.75) is 6.61 Å². The lowest BCUT2D eigenvalue weighted by molar-refractivity contribution is 0.262. The maximum absolute atomic E-state index is 12.6. The lowest BCUT2D eigenvalue weighted by atomic mass is 10.2. The van der Waals surface area contributed by atoms with E-state index in [-0.39, 0.29) is 6.61 Å². The van der Waals surface area contributed by atoms with Gasteiger partial charge in [-0.3, -0.25) is 10.3 Å². The first-order chi connectivity index (χ1) is 13.7. The van der Waals surface area contributed by atoms with Crippen LogP contribution in [0.15, 0.2) is 73.1 Å². The third-order valence-corrected chi connectivity index (χ3v) is 4.19. The molecule has 7 nitrogen and oxygen atoms in total. The number of fused-ring (bicyclic) bond motifs is 1. The second-order valence-electron chi connectivity index (χ2n) is 6.05. The fourth-order valence-corrected chi connectivity index (χ4v) is 2.84. The number of hydrogen-bond donors (Lipinski definition) is 3. The number of aliphatic hydroxyl groups is 1. The Balaban J connectivity index is 1.68. The van der Waals surface area contributed by atoms with E-state index in [4.69, 9.17) is 0 Å². The zero-order chi connectivity index (χ0) is 19.3. The average molecular weight is 371 g/mol. The molecule has 0 aliphatic rings. The number of nitrogens with one attached hydrogen (secondary N) is 2. The van der Waals surface area contributed by atoms with E-state index < -0.39 is 6.03 Å². The molecular formula is C21H17N5O2. The number of nitrogens with zero attached hydrogens (tertiary/aromatic N) is 3. The van der Waals surface area contributed by atoms with Crippen LogP contribution in [0, 0.1) is 0 Å². The number of hydrogen-bond acceptors (Lipinski definition) is 5. The molecule has 3 N–H and O–H groups in total. The summed E-state index contributed by atoms with van der Waals surface area (Å²) >= 11 is 0. The van der Waals surface area contributed by atoms with E-state index in [0.29, 0.717) is 28.4 Å². The van der Waals surface area contributed by atoms with E-state index in [1.54, 1.807) is 42.7 Å². The van der Waals surface area contributed by atoms with Crippen LogP contribution in [0.3, 0.4) is 0 Å². The van der Waals surface area contributed by atoms with Crippen LogP contribution in [0.4, 0.5) is 16.3 Å². The van der Waals surface area contributed by atoms with Gasteiger partial charge in [0, 0.05) is 34.6 Å². The van der Waals surface area contributed by atoms with Crippen LogP contribution < -0.4 is 10.6 Å². The van der Waals surface area contributed by atoms with E-state index in [1.807, 2.05) is 30.3 Å². The fourth-order valence-electron chi connectivity index (χ4n) is 2.84. The van der Waals surface area contributed by atoms with Crippen LogP contribution in [0.1, 0.15) is 5.56 Å². The van der Waals surface area contributed by atoms with Gasteiger partial charge in [-0.25, -0.2) is 14.8 Å². The first-order valence-electron chi connectivity index (χ1n) is 8.68. The summed E-state index contributed by atoms with van der Waals surface area (Å²) in [5, 5.41) is 15.7. The molecule has 4 rings (SSSR count). The molecule has 0 saturated heterocycles. The van der Waals surface area contributed by atoms with Crippen molar-refractivity contribution in [1.29, 1.82) is 0 Å². The molecule has 2 heterocycles. The highest BCUT2D eigenvalue weighted by atomic mass is 16.3. The monoisotopic (exact) mass is 371 g/mol. The summed E-state index contributed by atoms with van der Waals surface area (Å²) < 4.78 is 0. The van der Waals surface area contributed by atoms with Crippen molar-refractivity contribution < 1.29 is 9.90 Å². The van der Waals surface area contributed by atoms with Gasteiger partial charge in [0.15, 0.2) is 5.82 Å². The molecule has 138 valence electrons. The lowest BCUT2D eigenvalue weighted by Gasteiger charge is -2.12. The number of carbonyl (C=O) groups excluding carboxylic acids is 1. The molecular weight excluding hydrogens is 354 g/mol. The molecule has 4 aromatic rings. The lowest BCUT2D eigenvalue weighted by Crippen LogP contribution is -2.21. The number of benzene rings is 2. The number of para-hydroxylation sites is 2. The number of amides is 2. The smallest absolute Gasteiger partial charge is 0.324 e. The van der Waals surface area contributed by atoms with Gasteiger partial charge in [0.05, 0.1) is 12.1 Å². The maximum atomic E-state index is 12.6. The van der Waals surface area contributed by atoms with Crippen molar-refractivity contribution in [3.05, 3.63) is 78.6 Å². The zero-order valence-electron chi connectivity index (χ0n) is 14.8. The summed E-state index contributed by atoms with van der Waals surface area (Å²) in [5.41, 5.74) is 2.62. The zero-order valence-corrected chi connectivity index (χ0v) is 14.8. The highest BCUT2D eigenvalue weighted by Gasteiger charge is 2.13. The van der Waals surface area contributed by atoms with Gasteiger partial charge in [0.2, 0.25) is 0 Å². The molecule has 0 atom stereocenters. The molecule has 0 unspecified atom stereocenters. The topological polar surface area (TPSA) is 100 Å². The van der Waals surface area contributed by atoms with E-state index in [1.165, 1.54) is 0 Å². The fraction of sp³-hybridized carbons (Fsp3) is 0.0476. The molecule has 0 aliphatic heterocycles. The molecule has 28 heavy (non-hydrogen) atoms. The quantitative estimate of drug-likeness (QED) is 0.506. The maximum Gasteiger partial charge on any atom is 0.324 e. The Morgan fingerprint density at radius 2 is 1.75 bits per heavy atom. The largest absolute Gasteiger partial charge is 0.392 e. The molecule has 2 aromatic carbocycles. The Kier molecular flexibility index (Phi) is 4.90. The van der Waals surface area contributed by atoms with Gasteiger partial charge in [0.25, 0.3) is 0 Å². The average Bonchev–Trinajstić information content (AvgIpc) is 2.74. The predicted molar refractivity (Wildman–Crippen MR) is 108 cm³/mol. The van der Waals surface area contributed by atoms with Gasteiger partial charge in [-0.1, -0.05) is 30.3 Å². The van der Waals surface area contributed by atoms with Crippen molar-refractivity contribution in [2.75, 3.05) is 10.6 Å². The van der Waals surface area contributed by atoms with Crippen LogP contribution >= 0.6 is 0 Å². The summed E-state index contributed by atoms with van der Waals surface area (Å²) in [5.74, 6) is 0.862. The summed E-state index contributed by atoms with van der Waals surface area (Å²) in [6.07, 6.45) is 3.35. The highest BCUT2D eigenvalue weighted by Crippen LogP contribution is 2.25. The number of pyridine rings is 1. The molecule has 0 radical (unpaired) electrons. The molecule has 0 bridgehead atoms. The SMILES string of the molecule is O=C(Nc1ccccc1CO)Nc1nc(-c2cccnc2)nc2ccccc12. The minimum Gasteiger partial charge on any atom is -0.392 e. The minimum atomic E-state index is -0.457. The number of aromatic nitrogens is 3. The van der Waals surface area contributed by atoms with Crippen LogP contribution in [0.5, 0.6) is 0 Å². The second-order valence-corrected chi connectivity index (χ2v) is 6.05. The Bertz CT molecular complexity index is 1130. The van der Waals surface area contributed by atoms with E-state index in [9.17, 15) is 9.90 Å². The van der Waals surface area contributed by atoms with Gasteiger partial charge < -0.3 is 10.4 Å². The molecule has 0 fully saturated rings. The number of urea groups is 1. The van der Waals surface area contributed by atoms with Crippen molar-refractivity contribution in [2.24, 2.45) is 0 Å². The van der Waals surface area contributed by atoms with Crippen LogP contribution in [-0.4, -0.2) is 26.1 Å². The minimum absolute atomic E-state index is 0.169. The van der Waals surface area contributed by atoms with Crippen LogP contribution in [0.2, 0.25) is 0 Å². The van der Waals surface area contributed by atoms with Crippen molar-refractivity contribution in [3.8, 4) is 11.4 Å². The number of rotatable bonds is 4. The van der Waals surface area contributed by atoms with E-state index in [2.05, 4.69) is 25.6 Å². The molecule has 2 aromatic heterocycles. The number of aliphatic hydroxyl groups excluding tert-OH is 1. The molecule has 7 heteroatoms. The Morgan fingerprint density at radius 3 is 2.57 bits per heavy atom. The Morgan fingerprint density at radius 1 is 0.929 bits per heavy atom. The molecule has 2 amide bonds. The van der Waals surface area contributed by atoms with Gasteiger partial charge in [-0.15, -0.1) is 0 Å². The van der Waals surface area contributed by atoms with E-state index >= 15 is 0 Å². The molecule has 0 aliphatic carbocycles. The first-order valence-corrected chi connectivity index (χ1v) is 8.68. The van der Waals surface area contributed by atoms with E-state index in [0.717, 1.165) is 10.9 Å². The second kappa shape index (κ2) is 7.81. The number of carbonyl (C=O) groups is 1. The third-order valence-electron chi connectivity index (χ3n) is 4.19. The normalized spacial score (nSPS) is 10.6. The summed E-state index contributed by atoms with van der Waals surface area (Å²) in [6, 6.07) is 17.7. The Hall–Kier alpha value is -3.84. The standard InChI is InChI=1S/C21H17N5O2/c27-13-15-6-1-3-9-17(15)24-21(28)26-20-16-8-2-4-10-18(16)23-19(25-20)14-7-5-11-22-12-14/h1-12,27H,13H2,(H2,23,24,25,26,28). The predicted octanol–water partition coefficient (Wildman–Crippen LogP) is 3.83. The molecule has 0 saturated carbocycles. The van der Waals surface area contributed by atoms with Gasteiger partial charge in [-0.05, 0) is 30.3 Å². The van der Waals surface area contributed by atoms with Crippen LogP contribution in [-0.2, 0) is 6.61 Å². The van der Waals surface area contributed by atoms with Crippen molar-refractivity contribution >= 4 is 28.4 Å². The Labute approximate surface area is 161 Å². The van der Waals surface area contributed by atoms with Gasteiger partial charge >= 0.3 is 6.03 Å².